The first-order valence-corrected chi connectivity index (χ1v) is 7.78. The van der Waals surface area contributed by atoms with Gasteiger partial charge in [-0.1, -0.05) is 18.2 Å². The molecular weight excluding hydrogens is 316 g/mol. The van der Waals surface area contributed by atoms with Crippen LogP contribution in [0.1, 0.15) is 11.3 Å². The van der Waals surface area contributed by atoms with Gasteiger partial charge in [-0.25, -0.2) is 4.98 Å². The van der Waals surface area contributed by atoms with E-state index in [1.807, 2.05) is 18.2 Å². The number of aromatic nitrogens is 2. The molecule has 0 aliphatic heterocycles. The maximum Gasteiger partial charge on any atom is 0.310 e. The monoisotopic (exact) mass is 330 g/mol. The maximum atomic E-state index is 12.0. The number of hydrogen-bond acceptors (Lipinski definition) is 6. The van der Waals surface area contributed by atoms with E-state index in [0.717, 1.165) is 5.56 Å². The third-order valence-electron chi connectivity index (χ3n) is 3.26. The third-order valence-corrected chi connectivity index (χ3v) is 4.02. The van der Waals surface area contributed by atoms with Gasteiger partial charge in [0, 0.05) is 23.2 Å². The number of ether oxygens (including phenoxy) is 2. The van der Waals surface area contributed by atoms with Crippen LogP contribution >= 0.6 is 11.3 Å². The van der Waals surface area contributed by atoms with Gasteiger partial charge in [0.1, 0.15) is 12.4 Å². The summed E-state index contributed by atoms with van der Waals surface area (Å²) in [6.45, 7) is -0.0301. The molecule has 23 heavy (non-hydrogen) atoms. The molecule has 0 saturated carbocycles. The first-order valence-electron chi connectivity index (χ1n) is 6.90. The van der Waals surface area contributed by atoms with Gasteiger partial charge >= 0.3 is 5.97 Å². The number of carbonyl (C=O) groups is 1. The Bertz CT molecular complexity index is 900. The smallest absolute Gasteiger partial charge is 0.310 e. The van der Waals surface area contributed by atoms with Crippen molar-refractivity contribution in [1.29, 1.82) is 0 Å². The second kappa shape index (κ2) is 6.62. The molecular formula is C16H14N2O4S. The topological polar surface area (TPSA) is 69.9 Å². The van der Waals surface area contributed by atoms with E-state index in [9.17, 15) is 9.59 Å². The van der Waals surface area contributed by atoms with E-state index in [1.54, 1.807) is 24.8 Å². The molecule has 0 N–H and O–H groups in total. The van der Waals surface area contributed by atoms with E-state index < -0.39 is 5.97 Å². The Hall–Kier alpha value is -2.67. The molecule has 0 amide bonds. The molecule has 0 aliphatic rings. The molecule has 6 nitrogen and oxygen atoms in total. The van der Waals surface area contributed by atoms with E-state index >= 15 is 0 Å². The lowest BCUT2D eigenvalue weighted by molar-refractivity contribution is -0.144. The van der Waals surface area contributed by atoms with Crippen LogP contribution in [-0.4, -0.2) is 22.5 Å². The Morgan fingerprint density at radius 2 is 2.17 bits per heavy atom. The Kier molecular flexibility index (Phi) is 4.38. The molecule has 0 fully saturated rings. The van der Waals surface area contributed by atoms with Crippen molar-refractivity contribution in [1.82, 2.24) is 9.38 Å². The summed E-state index contributed by atoms with van der Waals surface area (Å²) in [5.41, 5.74) is 1.000. The predicted molar refractivity (Wildman–Crippen MR) is 85.8 cm³/mol. The van der Waals surface area contributed by atoms with Gasteiger partial charge in [-0.3, -0.25) is 14.0 Å². The van der Waals surface area contributed by atoms with Crippen molar-refractivity contribution in [2.45, 2.75) is 13.0 Å². The highest BCUT2D eigenvalue weighted by atomic mass is 32.1. The van der Waals surface area contributed by atoms with Crippen molar-refractivity contribution in [3.63, 3.8) is 0 Å². The molecule has 2 aromatic heterocycles. The number of thiazole rings is 1. The summed E-state index contributed by atoms with van der Waals surface area (Å²) in [6.07, 6.45) is 1.76. The van der Waals surface area contributed by atoms with E-state index in [1.165, 1.54) is 21.8 Å². The normalized spacial score (nSPS) is 10.7. The van der Waals surface area contributed by atoms with Crippen molar-refractivity contribution >= 4 is 22.3 Å². The highest BCUT2D eigenvalue weighted by Crippen LogP contribution is 2.18. The fourth-order valence-electron chi connectivity index (χ4n) is 2.17. The SMILES string of the molecule is COc1ccccc1CC(=O)OCc1cc(=O)n2ccsc2n1. The van der Waals surface area contributed by atoms with Gasteiger partial charge in [0.05, 0.1) is 19.2 Å². The number of hydrogen-bond donors (Lipinski definition) is 0. The molecule has 3 aromatic rings. The van der Waals surface area contributed by atoms with Crippen LogP contribution in [0.25, 0.3) is 4.96 Å². The minimum absolute atomic E-state index is 0.0301. The molecule has 2 heterocycles. The van der Waals surface area contributed by atoms with E-state index in [4.69, 9.17) is 9.47 Å². The standard InChI is InChI=1S/C16H14N2O4S/c1-21-13-5-3-2-4-11(13)8-15(20)22-10-12-9-14(19)18-6-7-23-16(18)17-12/h2-7,9H,8,10H2,1H3. The second-order valence-electron chi connectivity index (χ2n) is 4.79. The number of methoxy groups -OCH3 is 1. The predicted octanol–water partition coefficient (Wildman–Crippen LogP) is 2.05. The van der Waals surface area contributed by atoms with Crippen LogP contribution < -0.4 is 10.3 Å². The first-order chi connectivity index (χ1) is 11.2. The van der Waals surface area contributed by atoms with Crippen LogP contribution in [0.5, 0.6) is 5.75 Å². The van der Waals surface area contributed by atoms with Crippen LogP contribution in [0.4, 0.5) is 0 Å². The van der Waals surface area contributed by atoms with Gasteiger partial charge in [-0.15, -0.1) is 11.3 Å². The summed E-state index contributed by atoms with van der Waals surface area (Å²) < 4.78 is 11.9. The van der Waals surface area contributed by atoms with Gasteiger partial charge in [0.25, 0.3) is 5.56 Å². The molecule has 0 saturated heterocycles. The fraction of sp³-hybridized carbons (Fsp3) is 0.188. The summed E-state index contributed by atoms with van der Waals surface area (Å²) in [5.74, 6) is 0.239. The molecule has 0 radical (unpaired) electrons. The quantitative estimate of drug-likeness (QED) is 0.670. The molecule has 1 aromatic carbocycles. The Morgan fingerprint density at radius 3 is 3.00 bits per heavy atom. The van der Waals surface area contributed by atoms with E-state index in [2.05, 4.69) is 4.98 Å². The fourth-order valence-corrected chi connectivity index (χ4v) is 2.91. The number of carbonyl (C=O) groups excluding carboxylic acids is 1. The molecule has 7 heteroatoms. The molecule has 118 valence electrons. The first kappa shape index (κ1) is 15.2. The van der Waals surface area contributed by atoms with Gasteiger partial charge < -0.3 is 9.47 Å². The van der Waals surface area contributed by atoms with Crippen LogP contribution in [-0.2, 0) is 22.6 Å². The molecule has 0 bridgehead atoms. The van der Waals surface area contributed by atoms with Crippen molar-refractivity contribution < 1.29 is 14.3 Å². The van der Waals surface area contributed by atoms with Gasteiger partial charge in [0.2, 0.25) is 0 Å². The minimum Gasteiger partial charge on any atom is -0.496 e. The lowest BCUT2D eigenvalue weighted by Gasteiger charge is -2.08. The van der Waals surface area contributed by atoms with Crippen molar-refractivity contribution in [3.05, 3.63) is 63.5 Å². The number of esters is 1. The molecule has 0 aliphatic carbocycles. The minimum atomic E-state index is -0.400. The number of rotatable bonds is 5. The van der Waals surface area contributed by atoms with Crippen LogP contribution in [0, 0.1) is 0 Å². The molecule has 0 atom stereocenters. The van der Waals surface area contributed by atoms with Gasteiger partial charge in [-0.2, -0.15) is 0 Å². The van der Waals surface area contributed by atoms with E-state index in [0.29, 0.717) is 16.4 Å². The van der Waals surface area contributed by atoms with Crippen LogP contribution in [0.15, 0.2) is 46.7 Å². The Labute approximate surface area is 135 Å². The van der Waals surface area contributed by atoms with Crippen LogP contribution in [0.2, 0.25) is 0 Å². The van der Waals surface area contributed by atoms with Gasteiger partial charge in [-0.05, 0) is 6.07 Å². The molecule has 0 spiro atoms. The lowest BCUT2D eigenvalue weighted by Crippen LogP contribution is -2.15. The zero-order chi connectivity index (χ0) is 16.2. The van der Waals surface area contributed by atoms with Crippen LogP contribution in [0.3, 0.4) is 0 Å². The number of benzene rings is 1. The van der Waals surface area contributed by atoms with Gasteiger partial charge in [0.15, 0.2) is 4.96 Å². The molecule has 0 unspecified atom stereocenters. The average molecular weight is 330 g/mol. The highest BCUT2D eigenvalue weighted by molar-refractivity contribution is 7.15. The zero-order valence-electron chi connectivity index (χ0n) is 12.4. The zero-order valence-corrected chi connectivity index (χ0v) is 13.2. The Morgan fingerprint density at radius 1 is 1.35 bits per heavy atom. The summed E-state index contributed by atoms with van der Waals surface area (Å²) in [4.78, 5) is 28.7. The Balaban J connectivity index is 1.67. The average Bonchev–Trinajstić information content (AvgIpc) is 3.02. The largest absolute Gasteiger partial charge is 0.496 e. The lowest BCUT2D eigenvalue weighted by atomic mass is 10.1. The summed E-state index contributed by atoms with van der Waals surface area (Å²) in [7, 11) is 1.55. The van der Waals surface area contributed by atoms with Crippen molar-refractivity contribution in [3.8, 4) is 5.75 Å². The number of fused-ring (bicyclic) bond motifs is 1. The number of nitrogens with zero attached hydrogens (tertiary/aromatic N) is 2. The number of para-hydroxylation sites is 1. The maximum absolute atomic E-state index is 12.0. The summed E-state index contributed by atoms with van der Waals surface area (Å²) in [6, 6.07) is 8.63. The summed E-state index contributed by atoms with van der Waals surface area (Å²) in [5, 5.41) is 1.78. The van der Waals surface area contributed by atoms with Crippen molar-refractivity contribution in [2.75, 3.05) is 7.11 Å². The highest BCUT2D eigenvalue weighted by Gasteiger charge is 2.11. The van der Waals surface area contributed by atoms with E-state index in [-0.39, 0.29) is 18.6 Å². The second-order valence-corrected chi connectivity index (χ2v) is 5.66. The summed E-state index contributed by atoms with van der Waals surface area (Å²) >= 11 is 1.35. The molecule has 3 rings (SSSR count). The third kappa shape index (κ3) is 3.40. The van der Waals surface area contributed by atoms with Crippen molar-refractivity contribution in [2.24, 2.45) is 0 Å².